The second kappa shape index (κ2) is 8.98. The van der Waals surface area contributed by atoms with Crippen LogP contribution in [0.1, 0.15) is 25.3 Å². The molecule has 0 amide bonds. The summed E-state index contributed by atoms with van der Waals surface area (Å²) < 4.78 is 50.9. The van der Waals surface area contributed by atoms with Crippen molar-refractivity contribution < 1.29 is 16.8 Å². The van der Waals surface area contributed by atoms with Crippen LogP contribution in [0, 0.1) is 0 Å². The van der Waals surface area contributed by atoms with Crippen molar-refractivity contribution in [2.75, 3.05) is 25.1 Å². The number of nitrogens with zero attached hydrogens (tertiary/aromatic N) is 1. The van der Waals surface area contributed by atoms with Gasteiger partial charge >= 0.3 is 0 Å². The largest absolute Gasteiger partial charge is 0.214 e. The predicted octanol–water partition coefficient (Wildman–Crippen LogP) is 1.82. The SMILES string of the molecule is CCCCS(=O)(=O)NCCN(Cc1ccccc1Cl)S(C)(=O)=O. The lowest BCUT2D eigenvalue weighted by Gasteiger charge is -2.20. The zero-order chi connectivity index (χ0) is 17.5. The molecule has 0 heterocycles. The molecule has 0 bridgehead atoms. The number of unbranched alkanes of at least 4 members (excludes halogenated alkanes) is 1. The lowest BCUT2D eigenvalue weighted by Crippen LogP contribution is -2.38. The fraction of sp³-hybridized carbons (Fsp3) is 0.571. The molecule has 0 aliphatic carbocycles. The van der Waals surface area contributed by atoms with E-state index < -0.39 is 20.0 Å². The van der Waals surface area contributed by atoms with Gasteiger partial charge in [-0.3, -0.25) is 0 Å². The highest BCUT2D eigenvalue weighted by atomic mass is 35.5. The van der Waals surface area contributed by atoms with Crippen molar-refractivity contribution in [3.63, 3.8) is 0 Å². The van der Waals surface area contributed by atoms with E-state index in [-0.39, 0.29) is 25.4 Å². The van der Waals surface area contributed by atoms with Crippen LogP contribution in [0.4, 0.5) is 0 Å². The van der Waals surface area contributed by atoms with Crippen LogP contribution in [0.15, 0.2) is 24.3 Å². The fourth-order valence-corrected chi connectivity index (χ4v) is 4.12. The van der Waals surface area contributed by atoms with Crippen LogP contribution in [0.2, 0.25) is 5.02 Å². The molecule has 23 heavy (non-hydrogen) atoms. The van der Waals surface area contributed by atoms with Crippen molar-refractivity contribution in [1.82, 2.24) is 9.03 Å². The summed E-state index contributed by atoms with van der Waals surface area (Å²) >= 11 is 6.05. The summed E-state index contributed by atoms with van der Waals surface area (Å²) in [6.45, 7) is 2.10. The highest BCUT2D eigenvalue weighted by Gasteiger charge is 2.19. The summed E-state index contributed by atoms with van der Waals surface area (Å²) in [7, 11) is -6.84. The van der Waals surface area contributed by atoms with Gasteiger partial charge in [0, 0.05) is 24.7 Å². The monoisotopic (exact) mass is 382 g/mol. The molecule has 1 aromatic rings. The molecule has 1 rings (SSSR count). The van der Waals surface area contributed by atoms with Gasteiger partial charge in [0.15, 0.2) is 0 Å². The van der Waals surface area contributed by atoms with Crippen LogP contribution in [0.3, 0.4) is 0 Å². The molecule has 132 valence electrons. The Bertz CT molecular complexity index is 705. The number of rotatable bonds is 10. The van der Waals surface area contributed by atoms with Crippen molar-refractivity contribution in [2.45, 2.75) is 26.3 Å². The molecule has 0 unspecified atom stereocenters. The lowest BCUT2D eigenvalue weighted by molar-refractivity contribution is 0.412. The maximum atomic E-state index is 11.9. The molecule has 0 aromatic heterocycles. The highest BCUT2D eigenvalue weighted by molar-refractivity contribution is 7.89. The van der Waals surface area contributed by atoms with E-state index in [1.807, 2.05) is 6.92 Å². The first-order valence-corrected chi connectivity index (χ1v) is 11.2. The van der Waals surface area contributed by atoms with E-state index in [1.54, 1.807) is 24.3 Å². The minimum absolute atomic E-state index is 0.0313. The van der Waals surface area contributed by atoms with E-state index in [1.165, 1.54) is 4.31 Å². The summed E-state index contributed by atoms with van der Waals surface area (Å²) in [6.07, 6.45) is 2.45. The van der Waals surface area contributed by atoms with Crippen molar-refractivity contribution in [3.8, 4) is 0 Å². The summed E-state index contributed by atoms with van der Waals surface area (Å²) in [5.41, 5.74) is 0.674. The van der Waals surface area contributed by atoms with Gasteiger partial charge in [-0.15, -0.1) is 0 Å². The van der Waals surface area contributed by atoms with Crippen LogP contribution >= 0.6 is 11.6 Å². The Kier molecular flexibility index (Phi) is 7.96. The smallest absolute Gasteiger partial charge is 0.211 e. The summed E-state index contributed by atoms with van der Waals surface area (Å²) in [5, 5.41) is 0.477. The van der Waals surface area contributed by atoms with Gasteiger partial charge in [-0.05, 0) is 18.1 Å². The number of sulfonamides is 2. The third kappa shape index (κ3) is 7.63. The topological polar surface area (TPSA) is 83.6 Å². The summed E-state index contributed by atoms with van der Waals surface area (Å²) in [5.74, 6) is 0.0485. The molecule has 0 spiro atoms. The van der Waals surface area contributed by atoms with E-state index in [4.69, 9.17) is 11.6 Å². The average Bonchev–Trinajstić information content (AvgIpc) is 2.45. The molecule has 1 N–H and O–H groups in total. The normalized spacial score (nSPS) is 12.7. The van der Waals surface area contributed by atoms with Gasteiger partial charge in [-0.1, -0.05) is 43.1 Å². The minimum atomic E-state index is -3.47. The average molecular weight is 383 g/mol. The van der Waals surface area contributed by atoms with Gasteiger partial charge < -0.3 is 0 Å². The van der Waals surface area contributed by atoms with Gasteiger partial charge in [0.2, 0.25) is 20.0 Å². The van der Waals surface area contributed by atoms with Gasteiger partial charge in [0.1, 0.15) is 0 Å². The second-order valence-electron chi connectivity index (χ2n) is 5.25. The van der Waals surface area contributed by atoms with Crippen LogP contribution in [0.25, 0.3) is 0 Å². The lowest BCUT2D eigenvalue weighted by atomic mass is 10.2. The van der Waals surface area contributed by atoms with E-state index in [2.05, 4.69) is 4.72 Å². The second-order valence-corrected chi connectivity index (χ2v) is 9.57. The molecule has 0 aliphatic rings. The van der Waals surface area contributed by atoms with Gasteiger partial charge in [0.25, 0.3) is 0 Å². The minimum Gasteiger partial charge on any atom is -0.214 e. The van der Waals surface area contributed by atoms with Crippen LogP contribution in [0.5, 0.6) is 0 Å². The molecule has 9 heteroatoms. The number of halogens is 1. The summed E-state index contributed by atoms with van der Waals surface area (Å²) in [4.78, 5) is 0. The standard InChI is InChI=1S/C14H23ClN2O4S2/c1-3-4-11-23(20,21)16-9-10-17(22(2,18)19)12-13-7-5-6-8-14(13)15/h5-8,16H,3-4,9-12H2,1-2H3. The number of benzene rings is 1. The Morgan fingerprint density at radius 1 is 1.17 bits per heavy atom. The maximum absolute atomic E-state index is 11.9. The van der Waals surface area contributed by atoms with Crippen molar-refractivity contribution >= 4 is 31.6 Å². The van der Waals surface area contributed by atoms with Crippen LogP contribution < -0.4 is 4.72 Å². The van der Waals surface area contributed by atoms with E-state index in [9.17, 15) is 16.8 Å². The first-order chi connectivity index (χ1) is 10.7. The van der Waals surface area contributed by atoms with Crippen LogP contribution in [-0.2, 0) is 26.6 Å². The molecule has 0 fully saturated rings. The Morgan fingerprint density at radius 3 is 2.39 bits per heavy atom. The third-order valence-electron chi connectivity index (χ3n) is 3.22. The molecule has 0 radical (unpaired) electrons. The van der Waals surface area contributed by atoms with Crippen LogP contribution in [-0.4, -0.2) is 46.2 Å². The molecular formula is C14H23ClN2O4S2. The third-order valence-corrected chi connectivity index (χ3v) is 6.31. The molecule has 0 saturated carbocycles. The van der Waals surface area contributed by atoms with Crippen molar-refractivity contribution in [1.29, 1.82) is 0 Å². The Balaban J connectivity index is 2.69. The zero-order valence-electron chi connectivity index (χ0n) is 13.3. The van der Waals surface area contributed by atoms with Crippen molar-refractivity contribution in [2.24, 2.45) is 0 Å². The molecule has 1 aromatic carbocycles. The Hall–Kier alpha value is -0.670. The predicted molar refractivity (Wildman–Crippen MR) is 93.4 cm³/mol. The van der Waals surface area contributed by atoms with Gasteiger partial charge in [-0.2, -0.15) is 4.31 Å². The molecular weight excluding hydrogens is 360 g/mol. The number of hydrogen-bond donors (Lipinski definition) is 1. The van der Waals surface area contributed by atoms with Crippen molar-refractivity contribution in [3.05, 3.63) is 34.9 Å². The molecule has 0 atom stereocenters. The number of hydrogen-bond acceptors (Lipinski definition) is 4. The van der Waals surface area contributed by atoms with E-state index >= 15 is 0 Å². The van der Waals surface area contributed by atoms with E-state index in [0.717, 1.165) is 12.7 Å². The Labute approximate surface area is 143 Å². The quantitative estimate of drug-likeness (QED) is 0.669. The molecule has 0 saturated heterocycles. The molecule has 0 aliphatic heterocycles. The Morgan fingerprint density at radius 2 is 1.83 bits per heavy atom. The van der Waals surface area contributed by atoms with E-state index in [0.29, 0.717) is 17.0 Å². The van der Waals surface area contributed by atoms with Gasteiger partial charge in [-0.25, -0.2) is 21.6 Å². The maximum Gasteiger partial charge on any atom is 0.211 e. The summed E-state index contributed by atoms with van der Waals surface area (Å²) in [6, 6.07) is 6.96. The van der Waals surface area contributed by atoms with Gasteiger partial charge in [0.05, 0.1) is 12.0 Å². The highest BCUT2D eigenvalue weighted by Crippen LogP contribution is 2.18. The number of nitrogens with one attached hydrogen (secondary N) is 1. The fourth-order valence-electron chi connectivity index (χ4n) is 1.91. The zero-order valence-corrected chi connectivity index (χ0v) is 15.7. The molecule has 6 nitrogen and oxygen atoms in total. The first kappa shape index (κ1) is 20.4. The first-order valence-electron chi connectivity index (χ1n) is 7.31.